The summed E-state index contributed by atoms with van der Waals surface area (Å²) in [5.74, 6) is -3.65. The number of amides is 3. The minimum absolute atomic E-state index is 0.0267. The molecular formula is C40H41N5O12. The molecule has 298 valence electrons. The maximum Gasteiger partial charge on any atom is 0.519 e. The fraction of sp³-hybridized carbons (Fsp3) is 0.300. The first-order valence-corrected chi connectivity index (χ1v) is 17.8. The molecule has 1 aliphatic carbocycles. The van der Waals surface area contributed by atoms with Crippen LogP contribution in [0.2, 0.25) is 0 Å². The number of rotatable bonds is 15. The first kappa shape index (κ1) is 41.1. The number of anilines is 1. The van der Waals surface area contributed by atoms with Gasteiger partial charge in [-0.15, -0.1) is 0 Å². The number of esters is 2. The number of aryl methyl sites for hydroxylation is 1. The van der Waals surface area contributed by atoms with Crippen LogP contribution >= 0.6 is 0 Å². The van der Waals surface area contributed by atoms with Crippen molar-refractivity contribution in [1.82, 2.24) is 15.6 Å². The molecule has 4 N–H and O–H groups in total. The smallest absolute Gasteiger partial charge is 0.496 e. The molecule has 0 radical (unpaired) electrons. The van der Waals surface area contributed by atoms with Crippen LogP contribution in [0.1, 0.15) is 87.6 Å². The molecule has 1 saturated carbocycles. The SMILES string of the molecule is C=Cc1cc(C(=O)Nc2ccc(C(=N)NC(=O)OC(C)OC(=O)C(C)C)cc2)c(-c2ccc(C(=O)NCC3CC3)nc2C(=O)OCc2oc(=O)oc2C)cc1OC. The van der Waals surface area contributed by atoms with Crippen LogP contribution in [0.25, 0.3) is 17.2 Å². The highest BCUT2D eigenvalue weighted by molar-refractivity contribution is 6.11. The van der Waals surface area contributed by atoms with Crippen molar-refractivity contribution in [2.45, 2.75) is 53.4 Å². The Morgan fingerprint density at radius 3 is 2.32 bits per heavy atom. The van der Waals surface area contributed by atoms with Crippen LogP contribution in [-0.2, 0) is 25.6 Å². The highest BCUT2D eigenvalue weighted by Crippen LogP contribution is 2.35. The van der Waals surface area contributed by atoms with Crippen molar-refractivity contribution in [1.29, 1.82) is 5.41 Å². The van der Waals surface area contributed by atoms with E-state index >= 15 is 0 Å². The second-order valence-electron chi connectivity index (χ2n) is 13.2. The number of hydrogen-bond donors (Lipinski definition) is 4. The molecule has 1 aliphatic rings. The van der Waals surface area contributed by atoms with Gasteiger partial charge in [0.15, 0.2) is 23.8 Å². The molecule has 4 aromatic rings. The molecule has 3 amide bonds. The molecule has 0 aliphatic heterocycles. The highest BCUT2D eigenvalue weighted by atomic mass is 16.7. The van der Waals surface area contributed by atoms with Gasteiger partial charge in [0.05, 0.1) is 13.0 Å². The third-order valence-corrected chi connectivity index (χ3v) is 8.55. The van der Waals surface area contributed by atoms with Crippen molar-refractivity contribution < 1.29 is 51.8 Å². The van der Waals surface area contributed by atoms with E-state index in [1.165, 1.54) is 75.6 Å². The summed E-state index contributed by atoms with van der Waals surface area (Å²) in [4.78, 5) is 80.8. The van der Waals surface area contributed by atoms with Crippen molar-refractivity contribution in [3.63, 3.8) is 0 Å². The Kier molecular flexibility index (Phi) is 13.0. The molecule has 17 nitrogen and oxygen atoms in total. The molecule has 2 aromatic carbocycles. The first-order valence-electron chi connectivity index (χ1n) is 17.8. The van der Waals surface area contributed by atoms with E-state index in [1.807, 2.05) is 0 Å². The average molecular weight is 784 g/mol. The maximum absolute atomic E-state index is 14.0. The van der Waals surface area contributed by atoms with Gasteiger partial charge in [0.1, 0.15) is 17.3 Å². The number of nitrogens with one attached hydrogen (secondary N) is 4. The second kappa shape index (κ2) is 18.1. The number of alkyl carbamates (subject to hydrolysis) is 1. The summed E-state index contributed by atoms with van der Waals surface area (Å²) >= 11 is 0. The zero-order chi connectivity index (χ0) is 41.4. The molecular weight excluding hydrogens is 742 g/mol. The van der Waals surface area contributed by atoms with E-state index in [9.17, 15) is 28.8 Å². The molecule has 2 heterocycles. The van der Waals surface area contributed by atoms with Crippen LogP contribution in [0.5, 0.6) is 5.75 Å². The van der Waals surface area contributed by atoms with E-state index in [0.29, 0.717) is 29.5 Å². The summed E-state index contributed by atoms with van der Waals surface area (Å²) in [6.07, 6.45) is 1.29. The normalized spacial score (nSPS) is 12.5. The van der Waals surface area contributed by atoms with E-state index in [4.69, 9.17) is 33.2 Å². The topological polar surface area (TPSA) is 238 Å². The fourth-order valence-corrected chi connectivity index (χ4v) is 5.25. The van der Waals surface area contributed by atoms with Crippen molar-refractivity contribution in [2.24, 2.45) is 11.8 Å². The quantitative estimate of drug-likeness (QED) is 0.0498. The molecule has 1 unspecified atom stereocenters. The van der Waals surface area contributed by atoms with Gasteiger partial charge in [0.25, 0.3) is 11.8 Å². The number of benzene rings is 2. The third kappa shape index (κ3) is 10.6. The van der Waals surface area contributed by atoms with Gasteiger partial charge in [-0.3, -0.25) is 25.1 Å². The Morgan fingerprint density at radius 2 is 1.70 bits per heavy atom. The predicted octanol–water partition coefficient (Wildman–Crippen LogP) is 5.60. The van der Waals surface area contributed by atoms with Crippen LogP contribution in [0.15, 0.2) is 68.7 Å². The molecule has 1 fully saturated rings. The number of nitrogens with zero attached hydrogens (tertiary/aromatic N) is 1. The molecule has 2 aromatic heterocycles. The number of hydrogen-bond acceptors (Lipinski definition) is 14. The van der Waals surface area contributed by atoms with Gasteiger partial charge in [-0.05, 0) is 74.2 Å². The van der Waals surface area contributed by atoms with Gasteiger partial charge >= 0.3 is 23.9 Å². The van der Waals surface area contributed by atoms with E-state index < -0.39 is 54.5 Å². The predicted molar refractivity (Wildman–Crippen MR) is 204 cm³/mol. The zero-order valence-electron chi connectivity index (χ0n) is 31.8. The highest BCUT2D eigenvalue weighted by Gasteiger charge is 2.27. The summed E-state index contributed by atoms with van der Waals surface area (Å²) in [6.45, 7) is 9.87. The average Bonchev–Trinajstić information content (AvgIpc) is 3.96. The lowest BCUT2D eigenvalue weighted by molar-refractivity contribution is -0.168. The number of pyridine rings is 1. The van der Waals surface area contributed by atoms with Gasteiger partial charge in [0, 0.05) is 47.0 Å². The summed E-state index contributed by atoms with van der Waals surface area (Å²) in [7, 11) is 1.42. The number of ether oxygens (including phenoxy) is 4. The molecule has 1 atom stereocenters. The fourth-order valence-electron chi connectivity index (χ4n) is 5.25. The standard InChI is InChI=1S/C40H41N5O12/c1-7-24-16-29(35(46)43-26-12-10-25(11-13-26)34(41)45-39(50)56-22(5)55-37(48)20(2)3)28(17-31(24)52-6)27-14-15-30(36(47)42-18-23-8-9-23)44-33(27)38(49)53-19-32-21(4)54-40(51)57-32/h7,10-17,20,22-23H,1,8-9,18-19H2,2-6H3,(H,42,47)(H,43,46)(H2,41,45,50). The van der Waals surface area contributed by atoms with E-state index in [-0.39, 0.29) is 51.0 Å². The molecule has 0 saturated heterocycles. The van der Waals surface area contributed by atoms with Crippen LogP contribution < -0.4 is 26.5 Å². The molecule has 57 heavy (non-hydrogen) atoms. The van der Waals surface area contributed by atoms with Crippen LogP contribution in [-0.4, -0.2) is 60.6 Å². The van der Waals surface area contributed by atoms with Crippen molar-refractivity contribution in [2.75, 3.05) is 19.0 Å². The number of aromatic nitrogens is 1. The summed E-state index contributed by atoms with van der Waals surface area (Å²) in [5, 5.41) is 16.1. The van der Waals surface area contributed by atoms with Crippen molar-refractivity contribution >= 4 is 47.4 Å². The molecule has 5 rings (SSSR count). The minimum atomic E-state index is -1.18. The molecule has 0 bridgehead atoms. The van der Waals surface area contributed by atoms with Crippen molar-refractivity contribution in [3.05, 3.63) is 105 Å². The number of carbonyl (C=O) groups excluding carboxylic acids is 5. The molecule has 0 spiro atoms. The summed E-state index contributed by atoms with van der Waals surface area (Å²) in [6, 6.07) is 11.8. The number of amidine groups is 1. The second-order valence-corrected chi connectivity index (χ2v) is 13.2. The van der Waals surface area contributed by atoms with E-state index in [2.05, 4.69) is 27.5 Å². The Labute approximate surface area is 326 Å². The maximum atomic E-state index is 14.0. The lowest BCUT2D eigenvalue weighted by Crippen LogP contribution is -2.35. The zero-order valence-corrected chi connectivity index (χ0v) is 31.8. The summed E-state index contributed by atoms with van der Waals surface area (Å²) < 4.78 is 30.8. The van der Waals surface area contributed by atoms with E-state index in [0.717, 1.165) is 12.8 Å². The number of methoxy groups -OCH3 is 1. The van der Waals surface area contributed by atoms with Gasteiger partial charge in [-0.1, -0.05) is 26.5 Å². The van der Waals surface area contributed by atoms with Gasteiger partial charge < -0.3 is 38.4 Å². The molecule has 17 heteroatoms. The monoisotopic (exact) mass is 783 g/mol. The van der Waals surface area contributed by atoms with Crippen LogP contribution in [0, 0.1) is 24.2 Å². The van der Waals surface area contributed by atoms with E-state index in [1.54, 1.807) is 13.8 Å². The van der Waals surface area contributed by atoms with Crippen molar-refractivity contribution in [3.8, 4) is 16.9 Å². The van der Waals surface area contributed by atoms with Gasteiger partial charge in [-0.2, -0.15) is 0 Å². The Morgan fingerprint density at radius 1 is 0.982 bits per heavy atom. The summed E-state index contributed by atoms with van der Waals surface area (Å²) in [5.41, 5.74) is 0.955. The van der Waals surface area contributed by atoms with Gasteiger partial charge in [-0.25, -0.2) is 19.4 Å². The largest absolute Gasteiger partial charge is 0.519 e. The number of carbonyl (C=O) groups is 5. The van der Waals surface area contributed by atoms with Crippen LogP contribution in [0.4, 0.5) is 10.5 Å². The third-order valence-electron chi connectivity index (χ3n) is 8.55. The Balaban J connectivity index is 1.42. The van der Waals surface area contributed by atoms with Crippen LogP contribution in [0.3, 0.4) is 0 Å². The Hall–Kier alpha value is -7.04. The minimum Gasteiger partial charge on any atom is -0.496 e. The Bertz CT molecular complexity index is 2270. The lowest BCUT2D eigenvalue weighted by Gasteiger charge is -2.17. The first-order chi connectivity index (χ1) is 27.2. The lowest BCUT2D eigenvalue weighted by atomic mass is 9.94. The van der Waals surface area contributed by atoms with Gasteiger partial charge in [0.2, 0.25) is 6.29 Å².